The second kappa shape index (κ2) is 6.21. The lowest BCUT2D eigenvalue weighted by molar-refractivity contribution is 0.0827. The Morgan fingerprint density at radius 1 is 1.20 bits per heavy atom. The van der Waals surface area contributed by atoms with Gasteiger partial charge in [0.15, 0.2) is 0 Å². The van der Waals surface area contributed by atoms with Crippen LogP contribution in [-0.2, 0) is 14.9 Å². The number of amides is 1. The number of nitrogens with zero attached hydrogens (tertiary/aromatic N) is 2. The monoisotopic (exact) mass is 301 g/mol. The number of benzene rings is 1. The molecule has 0 heterocycles. The minimum absolute atomic E-state index is 0.0166. The fourth-order valence-electron chi connectivity index (χ4n) is 1.64. The summed E-state index contributed by atoms with van der Waals surface area (Å²) in [4.78, 5) is 21.4. The van der Waals surface area contributed by atoms with E-state index in [1.54, 1.807) is 45.2 Å². The first-order chi connectivity index (χ1) is 9.20. The zero-order valence-corrected chi connectivity index (χ0v) is 13.0. The van der Waals surface area contributed by atoms with E-state index in [2.05, 4.69) is 4.84 Å². The molecule has 0 fully saturated rings. The van der Waals surface area contributed by atoms with Crippen molar-refractivity contribution in [1.82, 2.24) is 9.79 Å². The molecule has 20 heavy (non-hydrogen) atoms. The van der Waals surface area contributed by atoms with E-state index in [0.717, 1.165) is 0 Å². The number of carbonyl (C=O) groups excluding carboxylic acids is 1. The second-order valence-electron chi connectivity index (χ2n) is 4.57. The predicted octanol–water partition coefficient (Wildman–Crippen LogP) is 0.294. The summed E-state index contributed by atoms with van der Waals surface area (Å²) in [5.74, 6) is -0.274. The molecular formula is C12H19N3O4S. The van der Waals surface area contributed by atoms with Gasteiger partial charge in [-0.3, -0.25) is 9.63 Å². The number of carbonyl (C=O) groups is 1. The van der Waals surface area contributed by atoms with Gasteiger partial charge < -0.3 is 9.80 Å². The van der Waals surface area contributed by atoms with Gasteiger partial charge in [-0.15, -0.1) is 0 Å². The Labute approximate surface area is 119 Å². The highest BCUT2D eigenvalue weighted by Crippen LogP contribution is 2.25. The second-order valence-corrected chi connectivity index (χ2v) is 6.18. The van der Waals surface area contributed by atoms with Crippen LogP contribution >= 0.6 is 0 Å². The number of sulfonamides is 1. The molecule has 8 heteroatoms. The van der Waals surface area contributed by atoms with Crippen LogP contribution in [0.3, 0.4) is 0 Å². The third-order valence-electron chi connectivity index (χ3n) is 2.58. The van der Waals surface area contributed by atoms with Gasteiger partial charge in [-0.05, 0) is 18.2 Å². The maximum absolute atomic E-state index is 12.1. The topological polar surface area (TPSA) is 78.9 Å². The Bertz CT molecular complexity index is 597. The summed E-state index contributed by atoms with van der Waals surface area (Å²) < 4.78 is 24.2. The molecule has 0 spiro atoms. The Hall–Kier alpha value is -1.64. The normalized spacial score (nSPS) is 11.2. The van der Waals surface area contributed by atoms with E-state index in [-0.39, 0.29) is 16.4 Å². The first kappa shape index (κ1) is 16.4. The van der Waals surface area contributed by atoms with Crippen LogP contribution in [0.4, 0.5) is 5.69 Å². The Balaban J connectivity index is 3.45. The minimum atomic E-state index is -3.85. The molecule has 0 saturated heterocycles. The van der Waals surface area contributed by atoms with Gasteiger partial charge in [0.05, 0.1) is 12.8 Å². The summed E-state index contributed by atoms with van der Waals surface area (Å²) in [6, 6.07) is 4.50. The molecule has 1 amide bonds. The van der Waals surface area contributed by atoms with Crippen molar-refractivity contribution in [3.63, 3.8) is 0 Å². The fraction of sp³-hybridized carbons (Fsp3) is 0.417. The van der Waals surface area contributed by atoms with E-state index in [1.807, 2.05) is 4.89 Å². The molecule has 0 aliphatic carbocycles. The molecule has 7 nitrogen and oxygen atoms in total. The average Bonchev–Trinajstić information content (AvgIpc) is 2.36. The van der Waals surface area contributed by atoms with Crippen LogP contribution in [0.5, 0.6) is 0 Å². The lowest BCUT2D eigenvalue weighted by atomic mass is 10.2. The molecule has 1 N–H and O–H groups in total. The van der Waals surface area contributed by atoms with E-state index in [9.17, 15) is 13.2 Å². The molecule has 0 atom stereocenters. The molecular weight excluding hydrogens is 282 g/mol. The van der Waals surface area contributed by atoms with Crippen molar-refractivity contribution >= 4 is 21.6 Å². The SMILES string of the molecule is CONS(=O)(=O)c1cc(C(=O)N(C)C)ccc1N(C)C. The smallest absolute Gasteiger partial charge is 0.264 e. The highest BCUT2D eigenvalue weighted by molar-refractivity contribution is 7.89. The number of anilines is 1. The first-order valence-electron chi connectivity index (χ1n) is 5.78. The minimum Gasteiger partial charge on any atom is -0.377 e. The van der Waals surface area contributed by atoms with Crippen molar-refractivity contribution in [2.24, 2.45) is 0 Å². The molecule has 1 rings (SSSR count). The van der Waals surface area contributed by atoms with Crippen molar-refractivity contribution in [3.8, 4) is 0 Å². The van der Waals surface area contributed by atoms with Crippen LogP contribution in [0.2, 0.25) is 0 Å². The summed E-state index contributed by atoms with van der Waals surface area (Å²) in [5, 5.41) is 0. The molecule has 0 aliphatic heterocycles. The number of rotatable bonds is 5. The average molecular weight is 301 g/mol. The zero-order chi connectivity index (χ0) is 15.5. The largest absolute Gasteiger partial charge is 0.377 e. The van der Waals surface area contributed by atoms with E-state index in [0.29, 0.717) is 5.69 Å². The molecule has 1 aromatic carbocycles. The van der Waals surface area contributed by atoms with Crippen LogP contribution < -0.4 is 9.79 Å². The molecule has 1 aromatic rings. The molecule has 0 bridgehead atoms. The van der Waals surface area contributed by atoms with Crippen molar-refractivity contribution in [3.05, 3.63) is 23.8 Å². The molecule has 0 saturated carbocycles. The van der Waals surface area contributed by atoms with Crippen LogP contribution in [0.1, 0.15) is 10.4 Å². The van der Waals surface area contributed by atoms with Crippen molar-refractivity contribution in [2.45, 2.75) is 4.90 Å². The van der Waals surface area contributed by atoms with Crippen LogP contribution in [0, 0.1) is 0 Å². The van der Waals surface area contributed by atoms with Crippen LogP contribution in [-0.4, -0.2) is 54.5 Å². The molecule has 0 aromatic heterocycles. The Kier molecular flexibility index (Phi) is 5.09. The van der Waals surface area contributed by atoms with Gasteiger partial charge in [0.2, 0.25) is 0 Å². The number of nitrogens with one attached hydrogen (secondary N) is 1. The lowest BCUT2D eigenvalue weighted by Crippen LogP contribution is -2.26. The molecule has 112 valence electrons. The third-order valence-corrected chi connectivity index (χ3v) is 3.87. The van der Waals surface area contributed by atoms with Gasteiger partial charge in [0.25, 0.3) is 15.9 Å². The maximum atomic E-state index is 12.1. The summed E-state index contributed by atoms with van der Waals surface area (Å²) in [6.07, 6.45) is 0. The molecule has 0 radical (unpaired) electrons. The van der Waals surface area contributed by atoms with Gasteiger partial charge >= 0.3 is 0 Å². The predicted molar refractivity (Wildman–Crippen MR) is 76.1 cm³/mol. The summed E-state index contributed by atoms with van der Waals surface area (Å²) >= 11 is 0. The summed E-state index contributed by atoms with van der Waals surface area (Å²) in [6.45, 7) is 0. The van der Waals surface area contributed by atoms with E-state index < -0.39 is 10.0 Å². The zero-order valence-electron chi connectivity index (χ0n) is 12.2. The quantitative estimate of drug-likeness (QED) is 0.791. The Morgan fingerprint density at radius 3 is 2.25 bits per heavy atom. The van der Waals surface area contributed by atoms with Crippen molar-refractivity contribution in [1.29, 1.82) is 0 Å². The Morgan fingerprint density at radius 2 is 1.80 bits per heavy atom. The van der Waals surface area contributed by atoms with Gasteiger partial charge in [0, 0.05) is 33.8 Å². The van der Waals surface area contributed by atoms with Gasteiger partial charge in [-0.2, -0.15) is 0 Å². The first-order valence-corrected chi connectivity index (χ1v) is 7.27. The van der Waals surface area contributed by atoms with Crippen molar-refractivity contribution < 1.29 is 18.0 Å². The standard InChI is InChI=1S/C12H19N3O4S/c1-14(2)10-7-6-9(12(16)15(3)4)8-11(10)20(17,18)13-19-5/h6-8,13H,1-5H3. The van der Waals surface area contributed by atoms with Crippen LogP contribution in [0.15, 0.2) is 23.1 Å². The van der Waals surface area contributed by atoms with Gasteiger partial charge in [-0.1, -0.05) is 4.89 Å². The summed E-state index contributed by atoms with van der Waals surface area (Å²) in [5.41, 5.74) is 0.752. The number of hydrogen-bond donors (Lipinski definition) is 1. The fourth-order valence-corrected chi connectivity index (χ4v) is 2.76. The van der Waals surface area contributed by atoms with Gasteiger partial charge in [0.1, 0.15) is 4.90 Å². The van der Waals surface area contributed by atoms with E-state index >= 15 is 0 Å². The summed E-state index contributed by atoms with van der Waals surface area (Å²) in [7, 11) is 3.99. The lowest BCUT2D eigenvalue weighted by Gasteiger charge is -2.19. The highest BCUT2D eigenvalue weighted by atomic mass is 32.2. The maximum Gasteiger partial charge on any atom is 0.264 e. The highest BCUT2D eigenvalue weighted by Gasteiger charge is 2.22. The van der Waals surface area contributed by atoms with E-state index in [1.165, 1.54) is 18.1 Å². The van der Waals surface area contributed by atoms with Crippen molar-refractivity contribution in [2.75, 3.05) is 40.2 Å². The third kappa shape index (κ3) is 3.47. The number of hydrogen-bond acceptors (Lipinski definition) is 5. The van der Waals surface area contributed by atoms with Gasteiger partial charge in [-0.25, -0.2) is 8.42 Å². The van der Waals surface area contributed by atoms with Crippen LogP contribution in [0.25, 0.3) is 0 Å². The molecule has 0 unspecified atom stereocenters. The molecule has 0 aliphatic rings. The van der Waals surface area contributed by atoms with E-state index in [4.69, 9.17) is 0 Å².